The summed E-state index contributed by atoms with van der Waals surface area (Å²) < 4.78 is 7.27. The van der Waals surface area contributed by atoms with Crippen LogP contribution in [0.2, 0.25) is 0 Å². The quantitative estimate of drug-likeness (QED) is 0.606. The molecule has 22 heavy (non-hydrogen) atoms. The number of thiocarbonyl (C=S) groups is 1. The standard InChI is InChI=1S/C16H10BrNO2S2/c17-11-6-7-13(20-12-4-2-1-3-5-12)10(8-11)9-14-15(19)18-16(21)22-14/h1-9H,(H,18,19,21)/b14-9+. The predicted octanol–water partition coefficient (Wildman–Crippen LogP) is 4.73. The van der Waals surface area contributed by atoms with Crippen LogP contribution in [0.4, 0.5) is 0 Å². The first-order valence-electron chi connectivity index (χ1n) is 6.39. The van der Waals surface area contributed by atoms with E-state index in [1.807, 2.05) is 48.5 Å². The molecular formula is C16H10BrNO2S2. The number of rotatable bonds is 3. The summed E-state index contributed by atoms with van der Waals surface area (Å²) in [5.41, 5.74) is 0.806. The monoisotopic (exact) mass is 391 g/mol. The highest BCUT2D eigenvalue weighted by Gasteiger charge is 2.22. The van der Waals surface area contributed by atoms with Crippen LogP contribution in [-0.4, -0.2) is 10.2 Å². The Morgan fingerprint density at radius 2 is 1.95 bits per heavy atom. The van der Waals surface area contributed by atoms with Gasteiger partial charge in [-0.05, 0) is 36.4 Å². The third kappa shape index (κ3) is 3.58. The summed E-state index contributed by atoms with van der Waals surface area (Å²) in [6.45, 7) is 0. The molecule has 0 saturated carbocycles. The fraction of sp³-hybridized carbons (Fsp3) is 0. The molecule has 0 atom stereocenters. The summed E-state index contributed by atoms with van der Waals surface area (Å²) >= 11 is 9.69. The molecule has 2 aromatic carbocycles. The van der Waals surface area contributed by atoms with Gasteiger partial charge in [0.1, 0.15) is 15.8 Å². The lowest BCUT2D eigenvalue weighted by molar-refractivity contribution is -0.115. The van der Waals surface area contributed by atoms with Crippen molar-refractivity contribution < 1.29 is 9.53 Å². The topological polar surface area (TPSA) is 38.3 Å². The van der Waals surface area contributed by atoms with Gasteiger partial charge in [-0.3, -0.25) is 4.79 Å². The number of benzene rings is 2. The summed E-state index contributed by atoms with van der Waals surface area (Å²) in [6, 6.07) is 15.2. The number of hydrogen-bond donors (Lipinski definition) is 1. The van der Waals surface area contributed by atoms with Crippen molar-refractivity contribution in [2.75, 3.05) is 0 Å². The largest absolute Gasteiger partial charge is 0.457 e. The molecule has 110 valence electrons. The second-order valence-corrected chi connectivity index (χ2v) is 7.08. The minimum atomic E-state index is -0.180. The Hall–Kier alpha value is -1.63. The van der Waals surface area contributed by atoms with Crippen LogP contribution in [0.3, 0.4) is 0 Å². The van der Waals surface area contributed by atoms with E-state index < -0.39 is 0 Å². The average Bonchev–Trinajstić information content (AvgIpc) is 2.81. The SMILES string of the molecule is O=C1NC(=S)S/C1=C/c1cc(Br)ccc1Oc1ccccc1. The number of carbonyl (C=O) groups excluding carboxylic acids is 1. The Labute approximate surface area is 145 Å². The Morgan fingerprint density at radius 3 is 2.64 bits per heavy atom. The molecule has 1 aliphatic rings. The minimum Gasteiger partial charge on any atom is -0.457 e. The molecule has 1 amide bonds. The van der Waals surface area contributed by atoms with E-state index in [0.29, 0.717) is 15.0 Å². The summed E-state index contributed by atoms with van der Waals surface area (Å²) in [4.78, 5) is 12.4. The number of carbonyl (C=O) groups is 1. The van der Waals surface area contributed by atoms with E-state index in [4.69, 9.17) is 17.0 Å². The summed E-state index contributed by atoms with van der Waals surface area (Å²) in [5.74, 6) is 1.23. The van der Waals surface area contributed by atoms with Gasteiger partial charge in [0.15, 0.2) is 0 Å². The van der Waals surface area contributed by atoms with Gasteiger partial charge >= 0.3 is 0 Å². The maximum Gasteiger partial charge on any atom is 0.263 e. The van der Waals surface area contributed by atoms with E-state index in [-0.39, 0.29) is 5.91 Å². The lowest BCUT2D eigenvalue weighted by Gasteiger charge is -2.09. The lowest BCUT2D eigenvalue weighted by atomic mass is 10.2. The minimum absolute atomic E-state index is 0.180. The Kier molecular flexibility index (Phi) is 4.61. The van der Waals surface area contributed by atoms with Crippen molar-refractivity contribution in [3.8, 4) is 11.5 Å². The van der Waals surface area contributed by atoms with Crippen molar-refractivity contribution in [2.24, 2.45) is 0 Å². The van der Waals surface area contributed by atoms with Crippen LogP contribution in [0.5, 0.6) is 11.5 Å². The number of ether oxygens (including phenoxy) is 1. The molecule has 0 aliphatic carbocycles. The van der Waals surface area contributed by atoms with Gasteiger partial charge in [-0.25, -0.2) is 0 Å². The maximum absolute atomic E-state index is 11.8. The van der Waals surface area contributed by atoms with Gasteiger partial charge in [0.25, 0.3) is 5.91 Å². The smallest absolute Gasteiger partial charge is 0.263 e. The third-order valence-corrected chi connectivity index (χ3v) is 4.53. The van der Waals surface area contributed by atoms with Crippen LogP contribution in [-0.2, 0) is 4.79 Å². The number of para-hydroxylation sites is 1. The fourth-order valence-corrected chi connectivity index (χ4v) is 3.32. The van der Waals surface area contributed by atoms with Gasteiger partial charge in [0.2, 0.25) is 0 Å². The molecule has 1 N–H and O–H groups in total. The Bertz CT molecular complexity index is 775. The highest BCUT2D eigenvalue weighted by atomic mass is 79.9. The molecular weight excluding hydrogens is 382 g/mol. The third-order valence-electron chi connectivity index (χ3n) is 2.87. The van der Waals surface area contributed by atoms with Crippen LogP contribution in [0.25, 0.3) is 6.08 Å². The van der Waals surface area contributed by atoms with Gasteiger partial charge in [-0.2, -0.15) is 0 Å². The highest BCUT2D eigenvalue weighted by Crippen LogP contribution is 2.33. The molecule has 2 aromatic rings. The highest BCUT2D eigenvalue weighted by molar-refractivity contribution is 9.10. The van der Waals surface area contributed by atoms with Gasteiger partial charge in [-0.15, -0.1) is 0 Å². The second kappa shape index (κ2) is 6.64. The normalized spacial score (nSPS) is 16.0. The number of hydrogen-bond acceptors (Lipinski definition) is 4. The first-order chi connectivity index (χ1) is 10.6. The van der Waals surface area contributed by atoms with E-state index in [2.05, 4.69) is 21.2 Å². The molecule has 0 bridgehead atoms. The van der Waals surface area contributed by atoms with Crippen molar-refractivity contribution in [1.82, 2.24) is 5.32 Å². The fourth-order valence-electron chi connectivity index (χ4n) is 1.90. The van der Waals surface area contributed by atoms with Crippen molar-refractivity contribution in [3.63, 3.8) is 0 Å². The molecule has 6 heteroatoms. The van der Waals surface area contributed by atoms with Gasteiger partial charge in [0.05, 0.1) is 4.91 Å². The zero-order valence-corrected chi connectivity index (χ0v) is 14.4. The van der Waals surface area contributed by atoms with Crippen LogP contribution >= 0.6 is 39.9 Å². The van der Waals surface area contributed by atoms with Crippen LogP contribution in [0.1, 0.15) is 5.56 Å². The molecule has 1 saturated heterocycles. The van der Waals surface area contributed by atoms with E-state index in [1.54, 1.807) is 6.08 Å². The average molecular weight is 392 g/mol. The van der Waals surface area contributed by atoms with E-state index in [9.17, 15) is 4.79 Å². The molecule has 1 fully saturated rings. The predicted molar refractivity (Wildman–Crippen MR) is 97.0 cm³/mol. The first-order valence-corrected chi connectivity index (χ1v) is 8.41. The van der Waals surface area contributed by atoms with Crippen LogP contribution in [0, 0.1) is 0 Å². The summed E-state index contributed by atoms with van der Waals surface area (Å²) in [6.07, 6.45) is 1.78. The molecule has 3 nitrogen and oxygen atoms in total. The second-order valence-electron chi connectivity index (χ2n) is 4.45. The van der Waals surface area contributed by atoms with Crippen LogP contribution < -0.4 is 10.1 Å². The number of halogens is 1. The summed E-state index contributed by atoms with van der Waals surface area (Å²) in [7, 11) is 0. The number of thioether (sulfide) groups is 1. The zero-order valence-electron chi connectivity index (χ0n) is 11.2. The molecule has 0 spiro atoms. The van der Waals surface area contributed by atoms with Crippen molar-refractivity contribution in [3.05, 3.63) is 63.5 Å². The van der Waals surface area contributed by atoms with Crippen molar-refractivity contribution in [2.45, 2.75) is 0 Å². The van der Waals surface area contributed by atoms with Crippen LogP contribution in [0.15, 0.2) is 57.9 Å². The van der Waals surface area contributed by atoms with Crippen molar-refractivity contribution in [1.29, 1.82) is 0 Å². The number of amides is 1. The molecule has 0 aromatic heterocycles. The van der Waals surface area contributed by atoms with Gasteiger partial charge in [-0.1, -0.05) is 58.1 Å². The lowest BCUT2D eigenvalue weighted by Crippen LogP contribution is -2.17. The summed E-state index contributed by atoms with van der Waals surface area (Å²) in [5, 5.41) is 2.61. The van der Waals surface area contributed by atoms with Gasteiger partial charge in [0, 0.05) is 10.0 Å². The van der Waals surface area contributed by atoms with E-state index in [0.717, 1.165) is 15.8 Å². The zero-order chi connectivity index (χ0) is 15.5. The molecule has 3 rings (SSSR count). The van der Waals surface area contributed by atoms with E-state index >= 15 is 0 Å². The Morgan fingerprint density at radius 1 is 1.18 bits per heavy atom. The maximum atomic E-state index is 11.8. The first kappa shape index (κ1) is 15.3. The molecule has 1 heterocycles. The van der Waals surface area contributed by atoms with Gasteiger partial charge < -0.3 is 10.1 Å². The Balaban J connectivity index is 1.96. The molecule has 0 radical (unpaired) electrons. The number of nitrogens with one attached hydrogen (secondary N) is 1. The molecule has 0 unspecified atom stereocenters. The van der Waals surface area contributed by atoms with Crippen molar-refractivity contribution >= 4 is 56.2 Å². The molecule has 1 aliphatic heterocycles. The van der Waals surface area contributed by atoms with E-state index in [1.165, 1.54) is 11.8 Å².